The topological polar surface area (TPSA) is 106 Å². The van der Waals surface area contributed by atoms with Crippen LogP contribution in [0.15, 0.2) is 48.0 Å². The van der Waals surface area contributed by atoms with Crippen LogP contribution < -0.4 is 14.4 Å². The minimum absolute atomic E-state index is 0.0716. The normalized spacial score (nSPS) is 16.8. The predicted octanol–water partition coefficient (Wildman–Crippen LogP) is 5.39. The fourth-order valence-corrected chi connectivity index (χ4v) is 5.25. The second kappa shape index (κ2) is 10.6. The van der Waals surface area contributed by atoms with Crippen molar-refractivity contribution in [1.29, 1.82) is 0 Å². The number of ether oxygens (including phenoxy) is 2. The van der Waals surface area contributed by atoms with E-state index in [0.717, 1.165) is 16.9 Å². The Morgan fingerprint density at radius 3 is 2.27 bits per heavy atom. The van der Waals surface area contributed by atoms with E-state index >= 15 is 0 Å². The molecule has 1 aromatic heterocycles. The molecule has 0 radical (unpaired) electrons. The second-order valence-electron chi connectivity index (χ2n) is 8.57. The molecule has 1 atom stereocenters. The van der Waals surface area contributed by atoms with E-state index in [4.69, 9.17) is 9.47 Å². The van der Waals surface area contributed by atoms with Gasteiger partial charge in [0.05, 0.1) is 35.4 Å². The molecule has 8 nitrogen and oxygen atoms in total. The van der Waals surface area contributed by atoms with E-state index in [0.29, 0.717) is 46.4 Å². The smallest absolute Gasteiger partial charge is 0.301 e. The van der Waals surface area contributed by atoms with E-state index in [-0.39, 0.29) is 22.2 Å². The summed E-state index contributed by atoms with van der Waals surface area (Å²) in [5.74, 6) is -1.19. The van der Waals surface area contributed by atoms with Gasteiger partial charge in [0.25, 0.3) is 5.78 Å². The first-order valence-corrected chi connectivity index (χ1v) is 12.7. The highest BCUT2D eigenvalue weighted by Gasteiger charge is 2.48. The van der Waals surface area contributed by atoms with E-state index < -0.39 is 17.7 Å². The first-order valence-electron chi connectivity index (χ1n) is 11.9. The van der Waals surface area contributed by atoms with E-state index in [1.807, 2.05) is 32.9 Å². The van der Waals surface area contributed by atoms with Gasteiger partial charge in [-0.1, -0.05) is 47.2 Å². The minimum atomic E-state index is -0.999. The number of aromatic nitrogens is 1. The molecule has 0 spiro atoms. The van der Waals surface area contributed by atoms with Gasteiger partial charge in [0.15, 0.2) is 22.4 Å². The van der Waals surface area contributed by atoms with Gasteiger partial charge in [-0.3, -0.25) is 19.3 Å². The highest BCUT2D eigenvalue weighted by Crippen LogP contribution is 2.45. The van der Waals surface area contributed by atoms with Gasteiger partial charge >= 0.3 is 5.91 Å². The Morgan fingerprint density at radius 2 is 1.68 bits per heavy atom. The summed E-state index contributed by atoms with van der Waals surface area (Å²) < 4.78 is 11.5. The number of thiazole rings is 1. The zero-order chi connectivity index (χ0) is 26.9. The van der Waals surface area contributed by atoms with Gasteiger partial charge < -0.3 is 14.6 Å². The molecule has 1 saturated heterocycles. The van der Waals surface area contributed by atoms with Crippen molar-refractivity contribution in [1.82, 2.24) is 4.98 Å². The Hall–Kier alpha value is -3.98. The van der Waals surface area contributed by atoms with Crippen molar-refractivity contribution in [2.45, 2.75) is 40.7 Å². The molecule has 1 fully saturated rings. The third-order valence-electron chi connectivity index (χ3n) is 5.96. The number of amides is 1. The Morgan fingerprint density at radius 1 is 1.03 bits per heavy atom. The number of rotatable bonds is 8. The third kappa shape index (κ3) is 4.86. The summed E-state index contributed by atoms with van der Waals surface area (Å²) in [7, 11) is 0. The molecule has 1 amide bonds. The lowest BCUT2D eigenvalue weighted by Gasteiger charge is -2.24. The molecule has 2 aromatic carbocycles. The van der Waals surface area contributed by atoms with Crippen molar-refractivity contribution in [3.63, 3.8) is 0 Å². The molecule has 1 aliphatic rings. The number of Topliss-reactive ketones (excluding diaryl/α,β-unsaturated/α-hetero) is 2. The molecule has 0 aliphatic carbocycles. The zero-order valence-corrected chi connectivity index (χ0v) is 22.1. The van der Waals surface area contributed by atoms with Gasteiger partial charge in [-0.05, 0) is 45.4 Å². The number of ketones is 2. The lowest BCUT2D eigenvalue weighted by Crippen LogP contribution is -2.29. The Balaban J connectivity index is 1.96. The van der Waals surface area contributed by atoms with E-state index in [2.05, 4.69) is 4.98 Å². The first-order chi connectivity index (χ1) is 17.7. The number of anilines is 1. The summed E-state index contributed by atoms with van der Waals surface area (Å²) in [6, 6.07) is 11.2. The van der Waals surface area contributed by atoms with Crippen LogP contribution >= 0.6 is 11.3 Å². The predicted molar refractivity (Wildman–Crippen MR) is 142 cm³/mol. The summed E-state index contributed by atoms with van der Waals surface area (Å²) in [6.45, 7) is 9.52. The molecule has 0 saturated carbocycles. The Labute approximate surface area is 219 Å². The van der Waals surface area contributed by atoms with Gasteiger partial charge in [0.2, 0.25) is 0 Å². The summed E-state index contributed by atoms with van der Waals surface area (Å²) in [5.41, 5.74) is 2.31. The molecular weight excluding hydrogens is 492 g/mol. The van der Waals surface area contributed by atoms with Crippen LogP contribution in [0.4, 0.5) is 5.13 Å². The average molecular weight is 521 g/mol. The molecule has 9 heteroatoms. The maximum atomic E-state index is 13.4. The maximum absolute atomic E-state index is 13.4. The van der Waals surface area contributed by atoms with Gasteiger partial charge in [0.1, 0.15) is 5.76 Å². The maximum Gasteiger partial charge on any atom is 0.301 e. The van der Waals surface area contributed by atoms with Crippen LogP contribution in [0.5, 0.6) is 11.5 Å². The van der Waals surface area contributed by atoms with E-state index in [9.17, 15) is 19.5 Å². The molecule has 192 valence electrons. The number of aliphatic hydroxyl groups is 1. The van der Waals surface area contributed by atoms with Gasteiger partial charge in [-0.15, -0.1) is 0 Å². The fourth-order valence-electron chi connectivity index (χ4n) is 4.26. The van der Waals surface area contributed by atoms with Crippen molar-refractivity contribution in [3.05, 3.63) is 75.3 Å². The molecule has 4 rings (SSSR count). The van der Waals surface area contributed by atoms with Gasteiger partial charge in [-0.25, -0.2) is 4.98 Å². The van der Waals surface area contributed by atoms with Crippen LogP contribution in [-0.2, 0) is 9.59 Å². The molecule has 1 aliphatic heterocycles. The van der Waals surface area contributed by atoms with Crippen molar-refractivity contribution >= 4 is 39.7 Å². The Kier molecular flexibility index (Phi) is 7.45. The molecule has 2 heterocycles. The van der Waals surface area contributed by atoms with Gasteiger partial charge in [0, 0.05) is 12.5 Å². The molecule has 1 N–H and O–H groups in total. The summed E-state index contributed by atoms with van der Waals surface area (Å²) in [5, 5.41) is 11.5. The van der Waals surface area contributed by atoms with Crippen molar-refractivity contribution in [2.75, 3.05) is 18.1 Å². The zero-order valence-electron chi connectivity index (χ0n) is 21.3. The number of aliphatic hydroxyl groups excluding tert-OH is 1. The van der Waals surface area contributed by atoms with E-state index in [1.54, 1.807) is 37.3 Å². The van der Waals surface area contributed by atoms with Crippen LogP contribution in [0, 0.1) is 13.8 Å². The van der Waals surface area contributed by atoms with Crippen LogP contribution in [0.25, 0.3) is 5.76 Å². The number of hydrogen-bond acceptors (Lipinski definition) is 8. The molecule has 1 unspecified atom stereocenters. The van der Waals surface area contributed by atoms with Crippen molar-refractivity contribution in [3.8, 4) is 11.5 Å². The number of carbonyl (C=O) groups excluding carboxylic acids is 3. The lowest BCUT2D eigenvalue weighted by molar-refractivity contribution is -0.132. The highest BCUT2D eigenvalue weighted by atomic mass is 32.1. The molecule has 37 heavy (non-hydrogen) atoms. The van der Waals surface area contributed by atoms with Crippen LogP contribution in [0.1, 0.15) is 58.9 Å². The summed E-state index contributed by atoms with van der Waals surface area (Å²) in [6.07, 6.45) is 0. The van der Waals surface area contributed by atoms with Crippen LogP contribution in [-0.4, -0.2) is 40.8 Å². The monoisotopic (exact) mass is 520 g/mol. The molecular formula is C28H28N2O6S. The number of aryl methyl sites for hydroxylation is 2. The van der Waals surface area contributed by atoms with E-state index in [1.165, 1.54) is 11.8 Å². The quantitative estimate of drug-likeness (QED) is 0.184. The lowest BCUT2D eigenvalue weighted by atomic mass is 9.95. The minimum Gasteiger partial charge on any atom is -0.507 e. The average Bonchev–Trinajstić information content (AvgIpc) is 3.37. The second-order valence-corrected chi connectivity index (χ2v) is 9.55. The van der Waals surface area contributed by atoms with Gasteiger partial charge in [-0.2, -0.15) is 0 Å². The van der Waals surface area contributed by atoms with Crippen LogP contribution in [0.3, 0.4) is 0 Å². The number of nitrogens with zero attached hydrogens (tertiary/aromatic N) is 2. The molecule has 0 bridgehead atoms. The van der Waals surface area contributed by atoms with Crippen molar-refractivity contribution < 1.29 is 29.0 Å². The standard InChI is InChI=1S/C28H28N2O6S/c1-6-35-20-13-12-19(14-21(20)36-7-2)23-22(24(32)18-10-8-15(3)9-11-18)25(33)27(34)30(23)28-29-16(4)26(37-28)17(5)31/h8-14,23,32H,6-7H2,1-5H3/b24-22+. The number of carbonyl (C=O) groups is 3. The largest absolute Gasteiger partial charge is 0.507 e. The van der Waals surface area contributed by atoms with Crippen molar-refractivity contribution in [2.24, 2.45) is 0 Å². The number of hydrogen-bond donors (Lipinski definition) is 1. The van der Waals surface area contributed by atoms with Crippen LogP contribution in [0.2, 0.25) is 0 Å². The third-order valence-corrected chi connectivity index (χ3v) is 7.22. The SMILES string of the molecule is CCOc1ccc(C2/C(=C(\O)c3ccc(C)cc3)C(=O)C(=O)N2c2nc(C)c(C(C)=O)s2)cc1OCC. The fraction of sp³-hybridized carbons (Fsp3) is 0.286. The number of benzene rings is 2. The first kappa shape index (κ1) is 26.1. The summed E-state index contributed by atoms with van der Waals surface area (Å²) in [4.78, 5) is 45.0. The highest BCUT2D eigenvalue weighted by molar-refractivity contribution is 7.18. The summed E-state index contributed by atoms with van der Waals surface area (Å²) >= 11 is 1.04. The molecule has 3 aromatic rings. The Bertz CT molecular complexity index is 1410.